The largest absolute Gasteiger partial charge is 0.481 e. The van der Waals surface area contributed by atoms with E-state index in [0.717, 1.165) is 50.7 Å². The number of aliphatic carboxylic acids is 2. The summed E-state index contributed by atoms with van der Waals surface area (Å²) in [6, 6.07) is 0. The van der Waals surface area contributed by atoms with Gasteiger partial charge in [0.05, 0.1) is 13.2 Å². The number of aliphatic hydroxyl groups is 3. The van der Waals surface area contributed by atoms with Crippen molar-refractivity contribution in [2.24, 2.45) is 0 Å². The van der Waals surface area contributed by atoms with E-state index in [1.54, 1.807) is 0 Å². The maximum Gasteiger partial charge on any atom is 0.338 e. The van der Waals surface area contributed by atoms with Gasteiger partial charge in [-0.3, -0.25) is 9.59 Å². The molecule has 27 heavy (non-hydrogen) atoms. The molecule has 1 aliphatic rings. The number of ether oxygens (including phenoxy) is 1. The molecule has 0 radical (unpaired) electrons. The van der Waals surface area contributed by atoms with Crippen LogP contribution < -0.4 is 0 Å². The second kappa shape index (κ2) is 18.5. The molecule has 0 aromatic heterocycles. The molecule has 0 fully saturated rings. The van der Waals surface area contributed by atoms with Gasteiger partial charge in [0.25, 0.3) is 0 Å². The Balaban J connectivity index is 0. The molecule has 0 atom stereocenters. The van der Waals surface area contributed by atoms with E-state index >= 15 is 0 Å². The van der Waals surface area contributed by atoms with E-state index < -0.39 is 30.0 Å². The summed E-state index contributed by atoms with van der Waals surface area (Å²) in [4.78, 5) is 40.1. The quantitative estimate of drug-likeness (QED) is 0.186. The Morgan fingerprint density at radius 2 is 1.11 bits per heavy atom. The molecule has 0 saturated heterocycles. The maximum absolute atomic E-state index is 10.1. The van der Waals surface area contributed by atoms with Crippen molar-refractivity contribution in [3.63, 3.8) is 0 Å². The fourth-order valence-electron chi connectivity index (χ4n) is 1.62. The second-order valence-corrected chi connectivity index (χ2v) is 5.50. The standard InChI is InChI=1S/C10H18O4.C4H2O3.C3H8O3/c11-9(12)7-5-3-1-2-4-6-8-10(13)14;5-3-1-2-4(6)7-3;4-1-3(6)2-5/h1-8H2,(H,11,12)(H,13,14);1-2H;3-6H,1-2H2. The molecular weight excluding hydrogens is 364 g/mol. The van der Waals surface area contributed by atoms with Gasteiger partial charge in [-0.25, -0.2) is 9.59 Å². The molecular formula is C17H28O10. The number of esters is 2. The Kier molecular flexibility index (Phi) is 18.4. The second-order valence-electron chi connectivity index (χ2n) is 5.50. The van der Waals surface area contributed by atoms with Crippen LogP contribution in [0.4, 0.5) is 0 Å². The zero-order valence-electron chi connectivity index (χ0n) is 15.1. The molecule has 0 spiro atoms. The van der Waals surface area contributed by atoms with Crippen molar-refractivity contribution in [3.05, 3.63) is 12.2 Å². The molecule has 1 heterocycles. The van der Waals surface area contributed by atoms with Gasteiger partial charge in [-0.2, -0.15) is 0 Å². The third-order valence-corrected chi connectivity index (χ3v) is 3.01. The molecule has 10 heteroatoms. The van der Waals surface area contributed by atoms with E-state index in [2.05, 4.69) is 4.74 Å². The maximum atomic E-state index is 10.1. The van der Waals surface area contributed by atoms with E-state index in [-0.39, 0.29) is 26.1 Å². The average Bonchev–Trinajstić information content (AvgIpc) is 3.00. The van der Waals surface area contributed by atoms with Gasteiger partial charge in [0.1, 0.15) is 6.10 Å². The van der Waals surface area contributed by atoms with E-state index in [0.29, 0.717) is 0 Å². The van der Waals surface area contributed by atoms with Crippen molar-refractivity contribution in [2.45, 2.75) is 57.5 Å². The van der Waals surface area contributed by atoms with Gasteiger partial charge in [0.2, 0.25) is 0 Å². The van der Waals surface area contributed by atoms with Gasteiger partial charge in [-0.05, 0) is 12.8 Å². The molecule has 0 bridgehead atoms. The molecule has 0 aromatic carbocycles. The van der Waals surface area contributed by atoms with Crippen LogP contribution in [0.1, 0.15) is 51.4 Å². The zero-order valence-corrected chi connectivity index (χ0v) is 15.1. The van der Waals surface area contributed by atoms with Crippen LogP contribution in [0.15, 0.2) is 12.2 Å². The molecule has 0 aromatic rings. The summed E-state index contributed by atoms with van der Waals surface area (Å²) in [6.45, 7) is -0.729. The van der Waals surface area contributed by atoms with Crippen molar-refractivity contribution in [3.8, 4) is 0 Å². The Morgan fingerprint density at radius 3 is 1.30 bits per heavy atom. The third-order valence-electron chi connectivity index (χ3n) is 3.01. The van der Waals surface area contributed by atoms with Crippen molar-refractivity contribution >= 4 is 23.9 Å². The molecule has 5 N–H and O–H groups in total. The van der Waals surface area contributed by atoms with Crippen LogP contribution in [0.5, 0.6) is 0 Å². The van der Waals surface area contributed by atoms with Crippen LogP contribution in [0, 0.1) is 0 Å². The lowest BCUT2D eigenvalue weighted by atomic mass is 10.1. The number of carbonyl (C=O) groups is 4. The Labute approximate surface area is 157 Å². The van der Waals surface area contributed by atoms with Crippen molar-refractivity contribution < 1.29 is 49.4 Å². The number of rotatable bonds is 11. The van der Waals surface area contributed by atoms with Crippen LogP contribution in [0.3, 0.4) is 0 Å². The first-order chi connectivity index (χ1) is 12.7. The highest BCUT2D eigenvalue weighted by Crippen LogP contribution is 2.08. The first-order valence-corrected chi connectivity index (χ1v) is 8.50. The lowest BCUT2D eigenvalue weighted by molar-refractivity contribution is -0.150. The first-order valence-electron chi connectivity index (χ1n) is 8.50. The van der Waals surface area contributed by atoms with Gasteiger partial charge in [0.15, 0.2) is 0 Å². The van der Waals surface area contributed by atoms with Crippen LogP contribution in [0.25, 0.3) is 0 Å². The molecule has 0 aliphatic carbocycles. The summed E-state index contributed by atoms with van der Waals surface area (Å²) in [5.74, 6) is -2.64. The van der Waals surface area contributed by atoms with E-state index in [9.17, 15) is 19.2 Å². The van der Waals surface area contributed by atoms with E-state index in [1.165, 1.54) is 0 Å². The lowest BCUT2D eigenvalue weighted by Crippen LogP contribution is -2.15. The van der Waals surface area contributed by atoms with Crippen molar-refractivity contribution in [1.82, 2.24) is 0 Å². The number of carboxylic acids is 2. The smallest absolute Gasteiger partial charge is 0.338 e. The fourth-order valence-corrected chi connectivity index (χ4v) is 1.62. The number of aliphatic hydroxyl groups excluding tert-OH is 3. The lowest BCUT2D eigenvalue weighted by Gasteiger charge is -1.98. The van der Waals surface area contributed by atoms with Gasteiger partial charge >= 0.3 is 23.9 Å². The highest BCUT2D eigenvalue weighted by atomic mass is 16.6. The number of hydrogen-bond donors (Lipinski definition) is 5. The van der Waals surface area contributed by atoms with Crippen molar-refractivity contribution in [1.29, 1.82) is 0 Å². The van der Waals surface area contributed by atoms with Crippen LogP contribution in [-0.4, -0.2) is 68.7 Å². The zero-order chi connectivity index (χ0) is 21.1. The summed E-state index contributed by atoms with van der Waals surface area (Å²) in [6.07, 6.45) is 7.04. The summed E-state index contributed by atoms with van der Waals surface area (Å²) in [5, 5.41) is 40.7. The summed E-state index contributed by atoms with van der Waals surface area (Å²) in [5.41, 5.74) is 0. The average molecular weight is 392 g/mol. The molecule has 0 saturated carbocycles. The van der Waals surface area contributed by atoms with Crippen LogP contribution >= 0.6 is 0 Å². The van der Waals surface area contributed by atoms with Crippen molar-refractivity contribution in [2.75, 3.05) is 13.2 Å². The first kappa shape index (κ1) is 26.9. The summed E-state index contributed by atoms with van der Waals surface area (Å²) in [7, 11) is 0. The predicted octanol–water partition coefficient (Wildman–Crippen LogP) is 0.234. The van der Waals surface area contributed by atoms with Crippen LogP contribution in [-0.2, 0) is 23.9 Å². The Hall–Kier alpha value is -2.30. The van der Waals surface area contributed by atoms with Gasteiger partial charge in [0, 0.05) is 25.0 Å². The highest BCUT2D eigenvalue weighted by molar-refractivity contribution is 6.04. The minimum absolute atomic E-state index is 0.245. The minimum Gasteiger partial charge on any atom is -0.481 e. The number of hydrogen-bond acceptors (Lipinski definition) is 8. The third kappa shape index (κ3) is 23.7. The number of cyclic esters (lactones) is 2. The molecule has 10 nitrogen and oxygen atoms in total. The Bertz CT molecular complexity index is 432. The van der Waals surface area contributed by atoms with Gasteiger partial charge in [-0.1, -0.05) is 25.7 Å². The predicted molar refractivity (Wildman–Crippen MR) is 92.6 cm³/mol. The normalized spacial score (nSPS) is 12.0. The molecule has 1 aliphatic heterocycles. The minimum atomic E-state index is -0.954. The molecule has 1 rings (SSSR count). The number of carbonyl (C=O) groups excluding carboxylic acids is 2. The van der Waals surface area contributed by atoms with E-state index in [1.807, 2.05) is 0 Å². The van der Waals surface area contributed by atoms with Gasteiger partial charge in [-0.15, -0.1) is 0 Å². The molecule has 156 valence electrons. The van der Waals surface area contributed by atoms with E-state index in [4.69, 9.17) is 25.5 Å². The monoisotopic (exact) mass is 392 g/mol. The molecule has 0 amide bonds. The Morgan fingerprint density at radius 1 is 0.778 bits per heavy atom. The number of unbranched alkanes of at least 4 members (excludes halogenated alkanes) is 5. The fraction of sp³-hybridized carbons (Fsp3) is 0.647. The SMILES string of the molecule is O=C(O)CCCCCCCCC(=O)O.O=C1C=CC(=O)O1.OCC(O)CO. The highest BCUT2D eigenvalue weighted by Gasteiger charge is 2.10. The van der Waals surface area contributed by atoms with Crippen LogP contribution in [0.2, 0.25) is 0 Å². The topological polar surface area (TPSA) is 179 Å². The number of carboxylic acid groups (broad SMARTS) is 2. The summed E-state index contributed by atoms with van der Waals surface area (Å²) < 4.78 is 3.97. The summed E-state index contributed by atoms with van der Waals surface area (Å²) >= 11 is 0. The molecule has 0 unspecified atom stereocenters. The van der Waals surface area contributed by atoms with Gasteiger partial charge < -0.3 is 30.3 Å².